The average Bonchev–Trinajstić information content (AvgIpc) is 2.96. The van der Waals surface area contributed by atoms with Crippen molar-refractivity contribution in [2.75, 3.05) is 6.79 Å². The van der Waals surface area contributed by atoms with Crippen molar-refractivity contribution in [2.45, 2.75) is 13.0 Å². The van der Waals surface area contributed by atoms with E-state index in [0.717, 1.165) is 10.0 Å². The van der Waals surface area contributed by atoms with E-state index >= 15 is 0 Å². The van der Waals surface area contributed by atoms with Crippen LogP contribution in [0, 0.1) is 0 Å². The highest BCUT2D eigenvalue weighted by Gasteiger charge is 2.21. The van der Waals surface area contributed by atoms with Crippen molar-refractivity contribution in [1.82, 2.24) is 5.32 Å². The van der Waals surface area contributed by atoms with E-state index in [1.54, 1.807) is 12.1 Å². The maximum absolute atomic E-state index is 12.4. The summed E-state index contributed by atoms with van der Waals surface area (Å²) < 4.78 is 11.5. The van der Waals surface area contributed by atoms with Gasteiger partial charge in [-0.1, -0.05) is 45.7 Å². The van der Waals surface area contributed by atoms with E-state index in [2.05, 4.69) is 21.2 Å². The van der Waals surface area contributed by atoms with Gasteiger partial charge >= 0.3 is 0 Å². The number of fused-ring (bicyclic) bond motifs is 1. The van der Waals surface area contributed by atoms with Gasteiger partial charge in [-0.2, -0.15) is 0 Å². The van der Waals surface area contributed by atoms with Crippen molar-refractivity contribution >= 4 is 33.4 Å². The molecular formula is C16H13BrClNO3. The zero-order valence-electron chi connectivity index (χ0n) is 11.7. The number of rotatable bonds is 3. The van der Waals surface area contributed by atoms with Crippen molar-refractivity contribution in [1.29, 1.82) is 0 Å². The summed E-state index contributed by atoms with van der Waals surface area (Å²) >= 11 is 9.59. The highest BCUT2D eigenvalue weighted by Crippen LogP contribution is 2.39. The molecule has 0 aliphatic carbocycles. The van der Waals surface area contributed by atoms with Crippen LogP contribution in [-0.4, -0.2) is 12.7 Å². The molecule has 0 bridgehead atoms. The molecule has 4 nitrogen and oxygen atoms in total. The van der Waals surface area contributed by atoms with E-state index in [-0.39, 0.29) is 18.7 Å². The molecule has 3 rings (SSSR count). The average molecular weight is 383 g/mol. The van der Waals surface area contributed by atoms with Crippen LogP contribution in [0.2, 0.25) is 5.02 Å². The minimum absolute atomic E-state index is 0.119. The van der Waals surface area contributed by atoms with Crippen molar-refractivity contribution in [2.24, 2.45) is 0 Å². The first kappa shape index (κ1) is 15.2. The van der Waals surface area contributed by atoms with Crippen LogP contribution in [0.5, 0.6) is 11.5 Å². The summed E-state index contributed by atoms with van der Waals surface area (Å²) in [6.45, 7) is 2.04. The molecule has 0 saturated carbocycles. The van der Waals surface area contributed by atoms with E-state index in [9.17, 15) is 4.79 Å². The van der Waals surface area contributed by atoms with Gasteiger partial charge in [-0.05, 0) is 30.7 Å². The third-order valence-corrected chi connectivity index (χ3v) is 4.41. The molecule has 0 aromatic heterocycles. The summed E-state index contributed by atoms with van der Waals surface area (Å²) in [7, 11) is 0. The first-order valence-electron chi connectivity index (χ1n) is 6.70. The Balaban J connectivity index is 1.80. The molecule has 0 fully saturated rings. The highest BCUT2D eigenvalue weighted by atomic mass is 79.9. The molecule has 1 amide bonds. The molecule has 1 heterocycles. The molecule has 22 heavy (non-hydrogen) atoms. The van der Waals surface area contributed by atoms with E-state index in [1.807, 2.05) is 31.2 Å². The molecule has 1 aliphatic heterocycles. The Morgan fingerprint density at radius 3 is 2.86 bits per heavy atom. The molecule has 0 radical (unpaired) electrons. The number of hydrogen-bond donors (Lipinski definition) is 1. The zero-order chi connectivity index (χ0) is 15.7. The minimum atomic E-state index is -0.219. The third kappa shape index (κ3) is 2.91. The van der Waals surface area contributed by atoms with Crippen LogP contribution in [-0.2, 0) is 0 Å². The summed E-state index contributed by atoms with van der Waals surface area (Å²) in [5, 5.41) is 3.32. The number of carbonyl (C=O) groups is 1. The summed E-state index contributed by atoms with van der Waals surface area (Å²) in [5.74, 6) is 0.756. The van der Waals surface area contributed by atoms with Crippen LogP contribution in [0.4, 0.5) is 0 Å². The molecule has 2 aromatic rings. The summed E-state index contributed by atoms with van der Waals surface area (Å²) in [6.07, 6.45) is 0. The fourth-order valence-electron chi connectivity index (χ4n) is 2.28. The van der Waals surface area contributed by atoms with Crippen molar-refractivity contribution in [3.63, 3.8) is 0 Å². The summed E-state index contributed by atoms with van der Waals surface area (Å²) in [6, 6.07) is 10.8. The number of nitrogens with one attached hydrogen (secondary N) is 1. The third-order valence-electron chi connectivity index (χ3n) is 3.41. The van der Waals surface area contributed by atoms with Gasteiger partial charge in [-0.25, -0.2) is 0 Å². The van der Waals surface area contributed by atoms with E-state index in [0.29, 0.717) is 22.1 Å². The molecule has 1 aliphatic rings. The smallest absolute Gasteiger partial charge is 0.251 e. The Kier molecular flexibility index (Phi) is 4.27. The molecule has 1 atom stereocenters. The van der Waals surface area contributed by atoms with Gasteiger partial charge in [0.2, 0.25) is 6.79 Å². The molecule has 6 heteroatoms. The lowest BCUT2D eigenvalue weighted by Gasteiger charge is -2.16. The largest absolute Gasteiger partial charge is 0.454 e. The lowest BCUT2D eigenvalue weighted by Crippen LogP contribution is -2.26. The van der Waals surface area contributed by atoms with Gasteiger partial charge in [-0.3, -0.25) is 4.79 Å². The summed E-state index contributed by atoms with van der Waals surface area (Å²) in [5.41, 5.74) is 1.44. The second-order valence-electron chi connectivity index (χ2n) is 4.91. The van der Waals surface area contributed by atoms with E-state index in [4.69, 9.17) is 21.1 Å². The second-order valence-corrected chi connectivity index (χ2v) is 6.17. The predicted octanol–water partition coefficient (Wildman–Crippen LogP) is 4.32. The highest BCUT2D eigenvalue weighted by molar-refractivity contribution is 9.10. The monoisotopic (exact) mass is 381 g/mol. The summed E-state index contributed by atoms with van der Waals surface area (Å²) in [4.78, 5) is 12.4. The standard InChI is InChI=1S/C16H13BrClNO3/c1-9(11-4-2-3-5-12(11)17)19-16(20)10-6-13(18)15-14(7-10)21-8-22-15/h2-7,9H,8H2,1H3,(H,19,20)/t9-/m1/s1. The number of ether oxygens (including phenoxy) is 2. The van der Waals surface area contributed by atoms with Crippen LogP contribution >= 0.6 is 27.5 Å². The van der Waals surface area contributed by atoms with Crippen LogP contribution < -0.4 is 14.8 Å². The number of carbonyl (C=O) groups excluding carboxylic acids is 1. The first-order valence-corrected chi connectivity index (χ1v) is 7.88. The van der Waals surface area contributed by atoms with E-state index < -0.39 is 0 Å². The van der Waals surface area contributed by atoms with Crippen molar-refractivity contribution in [3.05, 3.63) is 57.0 Å². The topological polar surface area (TPSA) is 47.6 Å². The zero-order valence-corrected chi connectivity index (χ0v) is 14.1. The normalized spacial score (nSPS) is 13.8. The molecule has 114 valence electrons. The fraction of sp³-hybridized carbons (Fsp3) is 0.188. The number of halogens is 2. The Labute approximate surface area is 141 Å². The van der Waals surface area contributed by atoms with Crippen LogP contribution in [0.1, 0.15) is 28.9 Å². The molecule has 2 aromatic carbocycles. The minimum Gasteiger partial charge on any atom is -0.454 e. The number of amides is 1. The van der Waals surface area contributed by atoms with Crippen molar-refractivity contribution in [3.8, 4) is 11.5 Å². The lowest BCUT2D eigenvalue weighted by atomic mass is 10.1. The number of hydrogen-bond acceptors (Lipinski definition) is 3. The van der Waals surface area contributed by atoms with Gasteiger partial charge < -0.3 is 14.8 Å². The quantitative estimate of drug-likeness (QED) is 0.860. The predicted molar refractivity (Wildman–Crippen MR) is 87.6 cm³/mol. The lowest BCUT2D eigenvalue weighted by molar-refractivity contribution is 0.0939. The first-order chi connectivity index (χ1) is 10.6. The SMILES string of the molecule is C[C@@H](NC(=O)c1cc(Cl)c2c(c1)OCO2)c1ccccc1Br. The fourth-order valence-corrected chi connectivity index (χ4v) is 3.18. The second kappa shape index (κ2) is 6.18. The van der Waals surface area contributed by atoms with Gasteiger partial charge in [-0.15, -0.1) is 0 Å². The Hall–Kier alpha value is -1.72. The van der Waals surface area contributed by atoms with Crippen LogP contribution in [0.3, 0.4) is 0 Å². The van der Waals surface area contributed by atoms with Gasteiger partial charge in [0.15, 0.2) is 11.5 Å². The molecule has 0 saturated heterocycles. The molecule has 0 spiro atoms. The van der Waals surface area contributed by atoms with Gasteiger partial charge in [0.1, 0.15) is 0 Å². The van der Waals surface area contributed by atoms with Gasteiger partial charge in [0, 0.05) is 10.0 Å². The molecular weight excluding hydrogens is 370 g/mol. The maximum atomic E-state index is 12.4. The Morgan fingerprint density at radius 1 is 1.32 bits per heavy atom. The van der Waals surface area contributed by atoms with Gasteiger partial charge in [0.05, 0.1) is 11.1 Å². The van der Waals surface area contributed by atoms with Crippen LogP contribution in [0.25, 0.3) is 0 Å². The Morgan fingerprint density at radius 2 is 2.09 bits per heavy atom. The Bertz CT molecular complexity index is 735. The molecule has 0 unspecified atom stereocenters. The van der Waals surface area contributed by atoms with Gasteiger partial charge in [0.25, 0.3) is 5.91 Å². The van der Waals surface area contributed by atoms with Crippen molar-refractivity contribution < 1.29 is 14.3 Å². The number of benzene rings is 2. The van der Waals surface area contributed by atoms with Crippen LogP contribution in [0.15, 0.2) is 40.9 Å². The maximum Gasteiger partial charge on any atom is 0.251 e. The van der Waals surface area contributed by atoms with E-state index in [1.165, 1.54) is 0 Å². The molecule has 1 N–H and O–H groups in total.